The number of carbonyl (C=O) groups excluding carboxylic acids is 1. The third kappa shape index (κ3) is 5.36. The molecule has 0 aromatic carbocycles. The number of nitrogens with one attached hydrogen (secondary N) is 1. The summed E-state index contributed by atoms with van der Waals surface area (Å²) >= 11 is 0. The van der Waals surface area contributed by atoms with Crippen molar-refractivity contribution in [1.29, 1.82) is 0 Å². The van der Waals surface area contributed by atoms with Gasteiger partial charge in [-0.1, -0.05) is 13.8 Å². The molecule has 0 aromatic rings. The first-order chi connectivity index (χ1) is 9.49. The zero-order chi connectivity index (χ0) is 15.1. The molecule has 1 fully saturated rings. The van der Waals surface area contributed by atoms with E-state index in [0.29, 0.717) is 12.6 Å². The lowest BCUT2D eigenvalue weighted by Crippen LogP contribution is -2.48. The first-order valence-corrected chi connectivity index (χ1v) is 7.49. The van der Waals surface area contributed by atoms with Crippen LogP contribution in [0.3, 0.4) is 0 Å². The lowest BCUT2D eigenvalue weighted by atomic mass is 10.2. The third-order valence-corrected chi connectivity index (χ3v) is 3.83. The van der Waals surface area contributed by atoms with E-state index in [-0.39, 0.29) is 18.6 Å². The first kappa shape index (κ1) is 16.8. The molecule has 0 aromatic heterocycles. The molecular weight excluding hydrogens is 258 g/mol. The predicted octanol–water partition coefficient (Wildman–Crippen LogP) is 1.37. The Bertz CT molecular complexity index is 332. The number of urea groups is 1. The van der Waals surface area contributed by atoms with Crippen LogP contribution in [0.5, 0.6) is 0 Å². The van der Waals surface area contributed by atoms with E-state index >= 15 is 0 Å². The summed E-state index contributed by atoms with van der Waals surface area (Å²) in [6.45, 7) is 8.07. The van der Waals surface area contributed by atoms with E-state index in [9.17, 15) is 9.59 Å². The highest BCUT2D eigenvalue weighted by Gasteiger charge is 2.27. The minimum atomic E-state index is -0.978. The van der Waals surface area contributed by atoms with Crippen LogP contribution < -0.4 is 5.32 Å². The van der Waals surface area contributed by atoms with Crippen molar-refractivity contribution in [2.75, 3.05) is 26.2 Å². The number of nitrogens with zero attached hydrogens (tertiary/aromatic N) is 2. The van der Waals surface area contributed by atoms with E-state index in [1.807, 2.05) is 13.8 Å². The molecule has 1 rings (SSSR count). The second-order valence-electron chi connectivity index (χ2n) is 5.37. The number of rotatable bonds is 9. The van der Waals surface area contributed by atoms with Crippen molar-refractivity contribution >= 4 is 12.0 Å². The molecule has 2 amide bonds. The van der Waals surface area contributed by atoms with Gasteiger partial charge in [0.1, 0.15) is 6.54 Å². The van der Waals surface area contributed by atoms with Gasteiger partial charge in [-0.05, 0) is 32.7 Å². The fourth-order valence-corrected chi connectivity index (χ4v) is 2.24. The highest BCUT2D eigenvalue weighted by molar-refractivity contribution is 5.80. The smallest absolute Gasteiger partial charge is 0.323 e. The topological polar surface area (TPSA) is 72.9 Å². The number of carboxylic acid groups (broad SMARTS) is 1. The molecule has 6 nitrogen and oxygen atoms in total. The van der Waals surface area contributed by atoms with E-state index in [4.69, 9.17) is 5.11 Å². The van der Waals surface area contributed by atoms with Gasteiger partial charge in [0.05, 0.1) is 0 Å². The highest BCUT2D eigenvalue weighted by atomic mass is 16.4. The van der Waals surface area contributed by atoms with Gasteiger partial charge < -0.3 is 15.3 Å². The van der Waals surface area contributed by atoms with Gasteiger partial charge >= 0.3 is 12.0 Å². The maximum absolute atomic E-state index is 12.1. The largest absolute Gasteiger partial charge is 0.480 e. The summed E-state index contributed by atoms with van der Waals surface area (Å²) in [5.74, 6) is -0.978. The van der Waals surface area contributed by atoms with Gasteiger partial charge in [-0.15, -0.1) is 0 Å². The standard InChI is InChI=1S/C14H27N3O3/c1-4-11(3)17(10-13(18)19)14(20)15-8-9-16(5-2)12-6-7-12/h11-12H,4-10H2,1-3H3,(H,15,20)(H,18,19). The van der Waals surface area contributed by atoms with E-state index < -0.39 is 5.97 Å². The van der Waals surface area contributed by atoms with Crippen molar-refractivity contribution < 1.29 is 14.7 Å². The molecule has 20 heavy (non-hydrogen) atoms. The lowest BCUT2D eigenvalue weighted by Gasteiger charge is -2.28. The summed E-state index contributed by atoms with van der Waals surface area (Å²) < 4.78 is 0. The second-order valence-corrected chi connectivity index (χ2v) is 5.37. The quantitative estimate of drug-likeness (QED) is 0.671. The van der Waals surface area contributed by atoms with Crippen LogP contribution in [-0.2, 0) is 4.79 Å². The van der Waals surface area contributed by atoms with Crippen LogP contribution in [0.15, 0.2) is 0 Å². The Kier molecular flexibility index (Phi) is 6.78. The molecule has 0 aliphatic heterocycles. The number of likely N-dealkylation sites (N-methyl/N-ethyl adjacent to an activating group) is 1. The second kappa shape index (κ2) is 8.09. The third-order valence-electron chi connectivity index (χ3n) is 3.83. The molecule has 6 heteroatoms. The van der Waals surface area contributed by atoms with Crippen molar-refractivity contribution in [3.63, 3.8) is 0 Å². The maximum atomic E-state index is 12.1. The monoisotopic (exact) mass is 285 g/mol. The summed E-state index contributed by atoms with van der Waals surface area (Å²) in [6, 6.07) is 0.326. The summed E-state index contributed by atoms with van der Waals surface area (Å²) in [5, 5.41) is 11.7. The Morgan fingerprint density at radius 2 is 2.00 bits per heavy atom. The van der Waals surface area contributed by atoms with Crippen LogP contribution in [0.25, 0.3) is 0 Å². The Morgan fingerprint density at radius 3 is 2.45 bits per heavy atom. The number of carboxylic acids is 1. The van der Waals surface area contributed by atoms with Gasteiger partial charge in [0, 0.05) is 25.2 Å². The van der Waals surface area contributed by atoms with Crippen LogP contribution in [-0.4, -0.2) is 65.2 Å². The minimum Gasteiger partial charge on any atom is -0.480 e. The van der Waals surface area contributed by atoms with Crippen LogP contribution in [0.4, 0.5) is 4.79 Å². The van der Waals surface area contributed by atoms with Gasteiger partial charge in [0.15, 0.2) is 0 Å². The molecule has 0 spiro atoms. The van der Waals surface area contributed by atoms with E-state index in [1.54, 1.807) is 0 Å². The average molecular weight is 285 g/mol. The van der Waals surface area contributed by atoms with Crippen molar-refractivity contribution in [2.24, 2.45) is 0 Å². The normalized spacial score (nSPS) is 16.0. The molecule has 1 aliphatic rings. The van der Waals surface area contributed by atoms with Crippen molar-refractivity contribution in [1.82, 2.24) is 15.1 Å². The molecule has 1 saturated carbocycles. The maximum Gasteiger partial charge on any atom is 0.323 e. The van der Waals surface area contributed by atoms with Gasteiger partial charge in [-0.2, -0.15) is 0 Å². The molecule has 0 bridgehead atoms. The number of aliphatic carboxylic acids is 1. The molecular formula is C14H27N3O3. The number of hydrogen-bond donors (Lipinski definition) is 2. The molecule has 0 saturated heterocycles. The van der Waals surface area contributed by atoms with Crippen molar-refractivity contribution in [2.45, 2.75) is 52.1 Å². The first-order valence-electron chi connectivity index (χ1n) is 7.49. The fraction of sp³-hybridized carbons (Fsp3) is 0.857. The van der Waals surface area contributed by atoms with E-state index in [0.717, 1.165) is 19.5 Å². The van der Waals surface area contributed by atoms with Crippen LogP contribution in [0, 0.1) is 0 Å². The molecule has 2 N–H and O–H groups in total. The van der Waals surface area contributed by atoms with E-state index in [1.165, 1.54) is 17.7 Å². The van der Waals surface area contributed by atoms with Crippen molar-refractivity contribution in [3.05, 3.63) is 0 Å². The van der Waals surface area contributed by atoms with Crippen LogP contribution in [0.2, 0.25) is 0 Å². The highest BCUT2D eigenvalue weighted by Crippen LogP contribution is 2.25. The van der Waals surface area contributed by atoms with Gasteiger partial charge in [-0.3, -0.25) is 9.69 Å². The molecule has 0 radical (unpaired) electrons. The molecule has 1 atom stereocenters. The van der Waals surface area contributed by atoms with Gasteiger partial charge in [-0.25, -0.2) is 4.79 Å². The minimum absolute atomic E-state index is 0.0724. The Balaban J connectivity index is 2.38. The van der Waals surface area contributed by atoms with Crippen molar-refractivity contribution in [3.8, 4) is 0 Å². The number of hydrogen-bond acceptors (Lipinski definition) is 3. The van der Waals surface area contributed by atoms with Gasteiger partial charge in [0.2, 0.25) is 0 Å². The zero-order valence-electron chi connectivity index (χ0n) is 12.8. The van der Waals surface area contributed by atoms with Crippen LogP contribution >= 0.6 is 0 Å². The zero-order valence-corrected chi connectivity index (χ0v) is 12.8. The molecule has 1 unspecified atom stereocenters. The Morgan fingerprint density at radius 1 is 1.35 bits per heavy atom. The lowest BCUT2D eigenvalue weighted by molar-refractivity contribution is -0.138. The molecule has 116 valence electrons. The Hall–Kier alpha value is -1.30. The predicted molar refractivity (Wildman–Crippen MR) is 77.8 cm³/mol. The number of carbonyl (C=O) groups is 2. The number of amides is 2. The van der Waals surface area contributed by atoms with Gasteiger partial charge in [0.25, 0.3) is 0 Å². The summed E-state index contributed by atoms with van der Waals surface area (Å²) in [4.78, 5) is 26.6. The Labute approximate surface area is 121 Å². The molecule has 1 aliphatic carbocycles. The summed E-state index contributed by atoms with van der Waals surface area (Å²) in [7, 11) is 0. The summed E-state index contributed by atoms with van der Waals surface area (Å²) in [6.07, 6.45) is 3.24. The van der Waals surface area contributed by atoms with Crippen LogP contribution in [0.1, 0.15) is 40.0 Å². The summed E-state index contributed by atoms with van der Waals surface area (Å²) in [5.41, 5.74) is 0. The van der Waals surface area contributed by atoms with E-state index in [2.05, 4.69) is 17.1 Å². The fourth-order valence-electron chi connectivity index (χ4n) is 2.24. The SMILES string of the molecule is CCC(C)N(CC(=O)O)C(=O)NCCN(CC)C1CC1. The average Bonchev–Trinajstić information content (AvgIpc) is 3.24. The molecule has 0 heterocycles.